The highest BCUT2D eigenvalue weighted by molar-refractivity contribution is 7.83. The van der Waals surface area contributed by atoms with Gasteiger partial charge in [-0.2, -0.15) is 5.26 Å². The number of rotatable bonds is 3. The van der Waals surface area contributed by atoms with E-state index >= 15 is 0 Å². The Morgan fingerprint density at radius 3 is 2.57 bits per heavy atom. The maximum atomic E-state index is 11.4. The average Bonchev–Trinajstić information content (AvgIpc) is 2.22. The van der Waals surface area contributed by atoms with Gasteiger partial charge in [0.15, 0.2) is 0 Å². The van der Waals surface area contributed by atoms with Gasteiger partial charge >= 0.3 is 0 Å². The van der Waals surface area contributed by atoms with Crippen molar-refractivity contribution in [3.8, 4) is 6.07 Å². The number of hydrogen-bond donors (Lipinski definition) is 1. The average molecular weight is 214 g/mol. The third kappa shape index (κ3) is 2.79. The highest BCUT2D eigenvalue weighted by Gasteiger charge is 2.35. The van der Waals surface area contributed by atoms with Crippen molar-refractivity contribution < 1.29 is 4.21 Å². The fourth-order valence-corrected chi connectivity index (χ4v) is 2.61. The van der Waals surface area contributed by atoms with Crippen molar-refractivity contribution in [3.05, 3.63) is 0 Å². The predicted octanol–water partition coefficient (Wildman–Crippen LogP) is 1.73. The number of nitrogens with one attached hydrogen (secondary N) is 1. The quantitative estimate of drug-likeness (QED) is 0.778. The third-order valence-corrected chi connectivity index (χ3v) is 4.06. The topological polar surface area (TPSA) is 52.9 Å². The number of hydrogen-bond acceptors (Lipinski definition) is 2. The van der Waals surface area contributed by atoms with Crippen molar-refractivity contribution in [3.63, 3.8) is 0 Å². The Bertz CT molecular complexity index is 251. The Labute approximate surface area is 88.5 Å². The second kappa shape index (κ2) is 4.90. The summed E-state index contributed by atoms with van der Waals surface area (Å²) >= 11 is 0. The van der Waals surface area contributed by atoms with Crippen LogP contribution in [0, 0.1) is 17.2 Å². The van der Waals surface area contributed by atoms with Crippen LogP contribution in [0.15, 0.2) is 0 Å². The molecule has 0 aromatic carbocycles. The molecule has 1 fully saturated rings. The molecule has 0 aliphatic heterocycles. The van der Waals surface area contributed by atoms with Crippen molar-refractivity contribution in [1.82, 2.24) is 4.72 Å². The van der Waals surface area contributed by atoms with E-state index in [0.717, 1.165) is 25.7 Å². The first-order valence-corrected chi connectivity index (χ1v) is 6.51. The SMILES string of the molecule is CCS(=O)NC1(C#N)CCC(C)CC1. The summed E-state index contributed by atoms with van der Waals surface area (Å²) < 4.78 is 14.3. The Balaban J connectivity index is 2.60. The normalized spacial score (nSPS) is 34.8. The summed E-state index contributed by atoms with van der Waals surface area (Å²) in [6.07, 6.45) is 3.77. The zero-order chi connectivity index (χ0) is 10.6. The molecular weight excluding hydrogens is 196 g/mol. The molecule has 0 amide bonds. The second-order valence-corrected chi connectivity index (χ2v) is 5.59. The summed E-state index contributed by atoms with van der Waals surface area (Å²) in [5.74, 6) is 1.27. The highest BCUT2D eigenvalue weighted by atomic mass is 32.2. The van der Waals surface area contributed by atoms with Gasteiger partial charge in [0.2, 0.25) is 0 Å². The summed E-state index contributed by atoms with van der Waals surface area (Å²) in [4.78, 5) is 0. The summed E-state index contributed by atoms with van der Waals surface area (Å²) in [5.41, 5.74) is -0.520. The second-order valence-electron chi connectivity index (χ2n) is 4.11. The van der Waals surface area contributed by atoms with E-state index in [0.29, 0.717) is 11.7 Å². The van der Waals surface area contributed by atoms with E-state index in [1.165, 1.54) is 0 Å². The predicted molar refractivity (Wildman–Crippen MR) is 57.8 cm³/mol. The molecule has 80 valence electrons. The molecule has 0 bridgehead atoms. The van der Waals surface area contributed by atoms with Gasteiger partial charge in [0.1, 0.15) is 5.54 Å². The minimum atomic E-state index is -1.05. The van der Waals surface area contributed by atoms with Crippen LogP contribution in [0.4, 0.5) is 0 Å². The Morgan fingerprint density at radius 2 is 2.14 bits per heavy atom. The molecule has 0 aromatic rings. The van der Waals surface area contributed by atoms with Crippen LogP contribution in [0.25, 0.3) is 0 Å². The van der Waals surface area contributed by atoms with E-state index < -0.39 is 16.5 Å². The maximum Gasteiger partial charge on any atom is 0.117 e. The van der Waals surface area contributed by atoms with Crippen LogP contribution in [0.1, 0.15) is 39.5 Å². The fourth-order valence-electron chi connectivity index (χ4n) is 1.78. The van der Waals surface area contributed by atoms with Gasteiger partial charge in [0, 0.05) is 5.75 Å². The van der Waals surface area contributed by atoms with E-state index in [9.17, 15) is 4.21 Å². The number of nitriles is 1. The molecular formula is C10H18N2OS. The lowest BCUT2D eigenvalue weighted by atomic mass is 9.79. The Hall–Kier alpha value is -0.400. The van der Waals surface area contributed by atoms with Gasteiger partial charge in [-0.3, -0.25) is 0 Å². The molecule has 0 heterocycles. The molecule has 1 rings (SSSR count). The van der Waals surface area contributed by atoms with Gasteiger partial charge in [-0.05, 0) is 31.6 Å². The molecule has 4 heteroatoms. The van der Waals surface area contributed by atoms with Gasteiger partial charge in [-0.25, -0.2) is 8.93 Å². The largest absolute Gasteiger partial charge is 0.243 e. The van der Waals surface area contributed by atoms with E-state index in [2.05, 4.69) is 17.7 Å². The Morgan fingerprint density at radius 1 is 1.57 bits per heavy atom. The zero-order valence-electron chi connectivity index (χ0n) is 8.88. The number of nitrogens with zero attached hydrogens (tertiary/aromatic N) is 1. The molecule has 0 radical (unpaired) electrons. The summed E-state index contributed by atoms with van der Waals surface area (Å²) in [6.45, 7) is 4.07. The van der Waals surface area contributed by atoms with Gasteiger partial charge in [-0.1, -0.05) is 13.8 Å². The molecule has 1 atom stereocenters. The van der Waals surface area contributed by atoms with Crippen molar-refractivity contribution in [2.75, 3.05) is 5.75 Å². The lowest BCUT2D eigenvalue weighted by molar-refractivity contribution is 0.280. The fraction of sp³-hybridized carbons (Fsp3) is 0.900. The zero-order valence-corrected chi connectivity index (χ0v) is 9.69. The molecule has 1 aliphatic carbocycles. The van der Waals surface area contributed by atoms with Crippen LogP contribution in [0.2, 0.25) is 0 Å². The summed E-state index contributed by atoms with van der Waals surface area (Å²) in [7, 11) is -1.05. The van der Waals surface area contributed by atoms with E-state index in [1.807, 2.05) is 6.92 Å². The van der Waals surface area contributed by atoms with E-state index in [1.54, 1.807) is 0 Å². The van der Waals surface area contributed by atoms with Crippen molar-refractivity contribution in [1.29, 1.82) is 5.26 Å². The standard InChI is InChI=1S/C10H18N2OS/c1-3-14(13)12-10(8-11)6-4-9(2)5-7-10/h9,12H,3-7H2,1-2H3. The van der Waals surface area contributed by atoms with Gasteiger partial charge in [0.25, 0.3) is 0 Å². The first-order valence-electron chi connectivity index (χ1n) is 5.19. The molecule has 0 aromatic heterocycles. The minimum absolute atomic E-state index is 0.520. The first kappa shape index (κ1) is 11.7. The van der Waals surface area contributed by atoms with Crippen molar-refractivity contribution >= 4 is 11.0 Å². The third-order valence-electron chi connectivity index (χ3n) is 2.91. The Kier molecular flexibility index (Phi) is 4.09. The van der Waals surface area contributed by atoms with Crippen LogP contribution < -0.4 is 4.72 Å². The molecule has 0 saturated heterocycles. The van der Waals surface area contributed by atoms with Gasteiger partial charge in [-0.15, -0.1) is 0 Å². The molecule has 1 N–H and O–H groups in total. The van der Waals surface area contributed by atoms with Crippen LogP contribution in [-0.4, -0.2) is 15.5 Å². The molecule has 14 heavy (non-hydrogen) atoms. The lowest BCUT2D eigenvalue weighted by Crippen LogP contribution is -2.47. The van der Waals surface area contributed by atoms with E-state index in [-0.39, 0.29) is 0 Å². The van der Waals surface area contributed by atoms with E-state index in [4.69, 9.17) is 5.26 Å². The summed E-state index contributed by atoms with van der Waals surface area (Å²) in [5, 5.41) is 9.13. The molecule has 1 unspecified atom stereocenters. The highest BCUT2D eigenvalue weighted by Crippen LogP contribution is 2.31. The first-order chi connectivity index (χ1) is 6.62. The van der Waals surface area contributed by atoms with Gasteiger partial charge < -0.3 is 0 Å². The minimum Gasteiger partial charge on any atom is -0.243 e. The van der Waals surface area contributed by atoms with Crippen LogP contribution in [0.3, 0.4) is 0 Å². The van der Waals surface area contributed by atoms with Crippen LogP contribution in [-0.2, 0) is 11.0 Å². The van der Waals surface area contributed by atoms with Crippen LogP contribution in [0.5, 0.6) is 0 Å². The smallest absolute Gasteiger partial charge is 0.117 e. The van der Waals surface area contributed by atoms with Gasteiger partial charge in [0.05, 0.1) is 17.1 Å². The molecule has 1 aliphatic rings. The molecule has 3 nitrogen and oxygen atoms in total. The van der Waals surface area contributed by atoms with Crippen molar-refractivity contribution in [2.24, 2.45) is 5.92 Å². The lowest BCUT2D eigenvalue weighted by Gasteiger charge is -2.33. The maximum absolute atomic E-state index is 11.4. The van der Waals surface area contributed by atoms with Crippen LogP contribution >= 0.6 is 0 Å². The van der Waals surface area contributed by atoms with Crippen molar-refractivity contribution in [2.45, 2.75) is 45.1 Å². The monoisotopic (exact) mass is 214 g/mol. The summed E-state index contributed by atoms with van der Waals surface area (Å²) in [6, 6.07) is 2.30. The molecule has 0 spiro atoms. The molecule has 1 saturated carbocycles.